The fraction of sp³-hybridized carbons (Fsp3) is 0.263. The highest BCUT2D eigenvalue weighted by Gasteiger charge is 2.12. The number of ether oxygens (including phenoxy) is 1. The van der Waals surface area contributed by atoms with Crippen LogP contribution in [-0.2, 0) is 20.7 Å². The summed E-state index contributed by atoms with van der Waals surface area (Å²) in [7, 11) is 0. The standard InChI is InChI=1S/C19H19Cl2NO3/c1-12(2)14-5-3-4-6-17(14)22-18(23)11-25-19(24)10-13-7-8-15(20)16(21)9-13/h3-9,12H,10-11H2,1-2H3,(H,22,23). The summed E-state index contributed by atoms with van der Waals surface area (Å²) >= 11 is 11.7. The average molecular weight is 380 g/mol. The number of para-hydroxylation sites is 1. The third-order valence-electron chi connectivity index (χ3n) is 3.55. The number of hydrogen-bond acceptors (Lipinski definition) is 3. The molecule has 0 aromatic heterocycles. The zero-order valence-electron chi connectivity index (χ0n) is 14.0. The van der Waals surface area contributed by atoms with E-state index in [9.17, 15) is 9.59 Å². The maximum Gasteiger partial charge on any atom is 0.310 e. The molecule has 0 saturated heterocycles. The lowest BCUT2D eigenvalue weighted by Crippen LogP contribution is -2.22. The van der Waals surface area contributed by atoms with Crippen molar-refractivity contribution in [3.05, 3.63) is 63.6 Å². The SMILES string of the molecule is CC(C)c1ccccc1NC(=O)COC(=O)Cc1ccc(Cl)c(Cl)c1. The molecule has 0 fully saturated rings. The first-order valence-electron chi connectivity index (χ1n) is 7.85. The lowest BCUT2D eigenvalue weighted by molar-refractivity contribution is -0.146. The fourth-order valence-corrected chi connectivity index (χ4v) is 2.63. The van der Waals surface area contributed by atoms with Gasteiger partial charge in [0.15, 0.2) is 6.61 Å². The van der Waals surface area contributed by atoms with Crippen LogP contribution in [0.4, 0.5) is 5.69 Å². The number of amides is 1. The van der Waals surface area contributed by atoms with Crippen LogP contribution in [0.2, 0.25) is 10.0 Å². The third kappa shape index (κ3) is 5.76. The third-order valence-corrected chi connectivity index (χ3v) is 4.29. The fourth-order valence-electron chi connectivity index (χ4n) is 2.31. The highest BCUT2D eigenvalue weighted by molar-refractivity contribution is 6.42. The quantitative estimate of drug-likeness (QED) is 0.730. The van der Waals surface area contributed by atoms with Gasteiger partial charge < -0.3 is 10.1 Å². The number of nitrogens with one attached hydrogen (secondary N) is 1. The number of anilines is 1. The summed E-state index contributed by atoms with van der Waals surface area (Å²) in [6.45, 7) is 3.75. The number of rotatable bonds is 6. The van der Waals surface area contributed by atoms with E-state index in [0.29, 0.717) is 15.6 Å². The monoisotopic (exact) mass is 379 g/mol. The number of carbonyl (C=O) groups excluding carboxylic acids is 2. The van der Waals surface area contributed by atoms with Crippen LogP contribution in [0.1, 0.15) is 30.9 Å². The molecule has 0 atom stereocenters. The first kappa shape index (κ1) is 19.3. The predicted molar refractivity (Wildman–Crippen MR) is 100 cm³/mol. The second kappa shape index (κ2) is 8.88. The normalized spacial score (nSPS) is 10.6. The number of halogens is 2. The Morgan fingerprint density at radius 2 is 1.80 bits per heavy atom. The molecule has 0 spiro atoms. The molecular formula is C19H19Cl2NO3. The summed E-state index contributed by atoms with van der Waals surface area (Å²) in [5, 5.41) is 3.56. The molecule has 25 heavy (non-hydrogen) atoms. The van der Waals surface area contributed by atoms with Gasteiger partial charge >= 0.3 is 5.97 Å². The smallest absolute Gasteiger partial charge is 0.310 e. The van der Waals surface area contributed by atoms with Crippen molar-refractivity contribution in [1.82, 2.24) is 0 Å². The van der Waals surface area contributed by atoms with Crippen LogP contribution in [0, 0.1) is 0 Å². The van der Waals surface area contributed by atoms with Gasteiger partial charge in [-0.3, -0.25) is 9.59 Å². The van der Waals surface area contributed by atoms with Crippen LogP contribution in [0.3, 0.4) is 0 Å². The zero-order chi connectivity index (χ0) is 18.4. The molecule has 0 aliphatic carbocycles. The first-order chi connectivity index (χ1) is 11.9. The maximum atomic E-state index is 12.0. The van der Waals surface area contributed by atoms with Crippen LogP contribution in [0.25, 0.3) is 0 Å². The Balaban J connectivity index is 1.87. The van der Waals surface area contributed by atoms with E-state index < -0.39 is 5.97 Å². The van der Waals surface area contributed by atoms with E-state index in [1.165, 1.54) is 0 Å². The minimum atomic E-state index is -0.509. The van der Waals surface area contributed by atoms with Crippen molar-refractivity contribution in [3.8, 4) is 0 Å². The first-order valence-corrected chi connectivity index (χ1v) is 8.60. The maximum absolute atomic E-state index is 12.0. The zero-order valence-corrected chi connectivity index (χ0v) is 15.5. The van der Waals surface area contributed by atoms with Gasteiger partial charge in [0.1, 0.15) is 0 Å². The highest BCUT2D eigenvalue weighted by Crippen LogP contribution is 2.24. The molecule has 0 heterocycles. The van der Waals surface area contributed by atoms with Crippen LogP contribution in [0.5, 0.6) is 0 Å². The van der Waals surface area contributed by atoms with Crippen molar-refractivity contribution < 1.29 is 14.3 Å². The van der Waals surface area contributed by atoms with Crippen molar-refractivity contribution in [1.29, 1.82) is 0 Å². The molecule has 0 aliphatic heterocycles. The molecule has 0 aliphatic rings. The molecule has 0 radical (unpaired) electrons. The molecule has 0 saturated carbocycles. The minimum Gasteiger partial charge on any atom is -0.455 e. The second-order valence-electron chi connectivity index (χ2n) is 5.88. The van der Waals surface area contributed by atoms with Crippen LogP contribution >= 0.6 is 23.2 Å². The number of carbonyl (C=O) groups is 2. The van der Waals surface area contributed by atoms with Gasteiger partial charge in [0, 0.05) is 5.69 Å². The molecule has 1 N–H and O–H groups in total. The summed E-state index contributed by atoms with van der Waals surface area (Å²) < 4.78 is 5.02. The molecule has 2 aromatic rings. The number of benzene rings is 2. The number of hydrogen-bond donors (Lipinski definition) is 1. The van der Waals surface area contributed by atoms with E-state index in [1.54, 1.807) is 18.2 Å². The van der Waals surface area contributed by atoms with Gasteiger partial charge in [-0.2, -0.15) is 0 Å². The van der Waals surface area contributed by atoms with E-state index in [1.807, 2.05) is 38.1 Å². The molecule has 6 heteroatoms. The molecule has 2 aromatic carbocycles. The summed E-state index contributed by atoms with van der Waals surface area (Å²) in [6, 6.07) is 12.4. The van der Waals surface area contributed by atoms with Gasteiger partial charge in [-0.05, 0) is 35.2 Å². The second-order valence-corrected chi connectivity index (χ2v) is 6.69. The largest absolute Gasteiger partial charge is 0.455 e. The summed E-state index contributed by atoms with van der Waals surface area (Å²) in [4.78, 5) is 23.9. The van der Waals surface area contributed by atoms with E-state index in [0.717, 1.165) is 11.3 Å². The molecule has 132 valence electrons. The molecular weight excluding hydrogens is 361 g/mol. The molecule has 1 amide bonds. The topological polar surface area (TPSA) is 55.4 Å². The van der Waals surface area contributed by atoms with Crippen LogP contribution < -0.4 is 5.32 Å². The van der Waals surface area contributed by atoms with Crippen molar-refractivity contribution in [2.24, 2.45) is 0 Å². The van der Waals surface area contributed by atoms with Crippen molar-refractivity contribution in [2.45, 2.75) is 26.2 Å². The summed E-state index contributed by atoms with van der Waals surface area (Å²) in [5.74, 6) is -0.616. The molecule has 4 nitrogen and oxygen atoms in total. The Kier molecular flexibility index (Phi) is 6.85. The van der Waals surface area contributed by atoms with E-state index in [-0.39, 0.29) is 24.9 Å². The molecule has 2 rings (SSSR count). The summed E-state index contributed by atoms with van der Waals surface area (Å²) in [5.41, 5.74) is 2.42. The highest BCUT2D eigenvalue weighted by atomic mass is 35.5. The predicted octanol–water partition coefficient (Wildman–Crippen LogP) is 4.84. The Bertz CT molecular complexity index is 775. The average Bonchev–Trinajstić information content (AvgIpc) is 2.57. The minimum absolute atomic E-state index is 0.0206. The van der Waals surface area contributed by atoms with Crippen molar-refractivity contribution in [2.75, 3.05) is 11.9 Å². The Morgan fingerprint density at radius 1 is 1.08 bits per heavy atom. The van der Waals surface area contributed by atoms with Gasteiger partial charge in [0.2, 0.25) is 0 Å². The number of esters is 1. The van der Waals surface area contributed by atoms with Crippen molar-refractivity contribution in [3.63, 3.8) is 0 Å². The van der Waals surface area contributed by atoms with Gasteiger partial charge in [-0.25, -0.2) is 0 Å². The van der Waals surface area contributed by atoms with Gasteiger partial charge in [0.25, 0.3) is 5.91 Å². The van der Waals surface area contributed by atoms with E-state index >= 15 is 0 Å². The summed E-state index contributed by atoms with van der Waals surface area (Å²) in [6.07, 6.45) is 0.0206. The Hall–Kier alpha value is -2.04. The van der Waals surface area contributed by atoms with Gasteiger partial charge in [-0.15, -0.1) is 0 Å². The van der Waals surface area contributed by atoms with Crippen molar-refractivity contribution >= 4 is 40.8 Å². The Labute approximate surface area is 157 Å². The van der Waals surface area contributed by atoms with Gasteiger partial charge in [0.05, 0.1) is 16.5 Å². The van der Waals surface area contributed by atoms with Crippen LogP contribution in [0.15, 0.2) is 42.5 Å². The van der Waals surface area contributed by atoms with Crippen LogP contribution in [-0.4, -0.2) is 18.5 Å². The van der Waals surface area contributed by atoms with Gasteiger partial charge in [-0.1, -0.05) is 61.3 Å². The molecule has 0 bridgehead atoms. The Morgan fingerprint density at radius 3 is 2.48 bits per heavy atom. The van der Waals surface area contributed by atoms with E-state index in [4.69, 9.17) is 27.9 Å². The lowest BCUT2D eigenvalue weighted by Gasteiger charge is -2.13. The lowest BCUT2D eigenvalue weighted by atomic mass is 10.0. The molecule has 0 unspecified atom stereocenters. The van der Waals surface area contributed by atoms with E-state index in [2.05, 4.69) is 5.32 Å².